The number of rotatable bonds is 15. The highest BCUT2D eigenvalue weighted by Crippen LogP contribution is 2.35. The molecule has 12 heteroatoms. The number of methoxy groups -OCH3 is 1. The van der Waals surface area contributed by atoms with Gasteiger partial charge in [0.15, 0.2) is 0 Å². The molecule has 3 rings (SSSR count). The largest absolute Gasteiger partial charge is 0.508 e. The number of nitrogens with zero attached hydrogens (tertiary/aromatic N) is 5. The fourth-order valence-corrected chi connectivity index (χ4v) is 7.02. The highest BCUT2D eigenvalue weighted by molar-refractivity contribution is 7.09. The zero-order chi connectivity index (χ0) is 35.7. The lowest BCUT2D eigenvalue weighted by Gasteiger charge is -2.40. The summed E-state index contributed by atoms with van der Waals surface area (Å²) in [6.07, 6.45) is 5.97. The van der Waals surface area contributed by atoms with Gasteiger partial charge >= 0.3 is 0 Å². The van der Waals surface area contributed by atoms with Gasteiger partial charge in [-0.05, 0) is 55.7 Å². The van der Waals surface area contributed by atoms with Crippen LogP contribution in [0.3, 0.4) is 0 Å². The minimum Gasteiger partial charge on any atom is -0.508 e. The van der Waals surface area contributed by atoms with Crippen LogP contribution in [0, 0.1) is 11.8 Å². The fraction of sp³-hybridized carbons (Fsp3) is 0.583. The van der Waals surface area contributed by atoms with Gasteiger partial charge in [-0.25, -0.2) is 4.98 Å². The van der Waals surface area contributed by atoms with Gasteiger partial charge in [-0.3, -0.25) is 19.2 Å². The molecule has 0 bridgehead atoms. The van der Waals surface area contributed by atoms with Gasteiger partial charge in [0, 0.05) is 51.8 Å². The molecule has 1 fully saturated rings. The van der Waals surface area contributed by atoms with E-state index >= 15 is 0 Å². The number of thiazole rings is 1. The first-order valence-corrected chi connectivity index (χ1v) is 17.6. The Balaban J connectivity index is 1.96. The molecule has 5 atom stereocenters. The van der Waals surface area contributed by atoms with Gasteiger partial charge in [-0.15, -0.1) is 11.3 Å². The summed E-state index contributed by atoms with van der Waals surface area (Å²) in [6.45, 7) is 10.2. The van der Waals surface area contributed by atoms with E-state index in [2.05, 4.69) is 4.98 Å². The van der Waals surface area contributed by atoms with Crippen molar-refractivity contribution in [2.75, 3.05) is 34.8 Å². The van der Waals surface area contributed by atoms with E-state index in [1.807, 2.05) is 38.0 Å². The third kappa shape index (κ3) is 9.36. The van der Waals surface area contributed by atoms with E-state index in [1.54, 1.807) is 51.3 Å². The van der Waals surface area contributed by atoms with Crippen molar-refractivity contribution in [2.45, 2.75) is 90.9 Å². The Morgan fingerprint density at radius 1 is 1.04 bits per heavy atom. The minimum absolute atomic E-state index is 0.0513. The van der Waals surface area contributed by atoms with Crippen LogP contribution >= 0.6 is 11.3 Å². The molecule has 1 N–H and O–H groups in total. The number of phenols is 1. The van der Waals surface area contributed by atoms with E-state index in [0.29, 0.717) is 25.1 Å². The Labute approximate surface area is 289 Å². The Hall–Kier alpha value is -3.93. The van der Waals surface area contributed by atoms with E-state index in [-0.39, 0.29) is 41.9 Å². The zero-order valence-electron chi connectivity index (χ0n) is 29.9. The molecule has 48 heavy (non-hydrogen) atoms. The Kier molecular flexibility index (Phi) is 14.0. The van der Waals surface area contributed by atoms with Crippen molar-refractivity contribution in [2.24, 2.45) is 11.8 Å². The molecule has 1 saturated heterocycles. The van der Waals surface area contributed by atoms with Crippen LogP contribution in [-0.4, -0.2) is 106 Å². The van der Waals surface area contributed by atoms with Gasteiger partial charge in [0.1, 0.15) is 28.9 Å². The first kappa shape index (κ1) is 38.5. The number of aromatic hydroxyl groups is 1. The molecule has 1 aliphatic rings. The summed E-state index contributed by atoms with van der Waals surface area (Å²) in [5, 5.41) is 12.6. The molecule has 0 unspecified atom stereocenters. The maximum atomic E-state index is 14.5. The molecule has 0 spiro atoms. The smallest absolute Gasteiger partial charge is 0.250 e. The molecule has 1 aliphatic heterocycles. The Bertz CT molecular complexity index is 1410. The zero-order valence-corrected chi connectivity index (χ0v) is 30.7. The number of likely N-dealkylation sites (tertiary alicyclic amines) is 1. The van der Waals surface area contributed by atoms with Gasteiger partial charge < -0.3 is 29.4 Å². The van der Waals surface area contributed by atoms with Gasteiger partial charge in [0.05, 0.1) is 18.9 Å². The predicted octanol–water partition coefficient (Wildman–Crippen LogP) is 4.88. The highest BCUT2D eigenvalue weighted by atomic mass is 32.1. The number of ether oxygens (including phenoxy) is 1. The van der Waals surface area contributed by atoms with Crippen molar-refractivity contribution in [1.29, 1.82) is 0 Å². The van der Waals surface area contributed by atoms with Crippen LogP contribution in [0.25, 0.3) is 0 Å². The topological polar surface area (TPSA) is 124 Å². The quantitative estimate of drug-likeness (QED) is 0.210. The number of hydrogen-bond acceptors (Lipinski definition) is 8. The average molecular weight is 684 g/mol. The monoisotopic (exact) mass is 683 g/mol. The molecule has 0 saturated carbocycles. The fourth-order valence-electron chi connectivity index (χ4n) is 6.24. The molecular weight excluding hydrogens is 630 g/mol. The molecule has 2 heterocycles. The van der Waals surface area contributed by atoms with Crippen LogP contribution in [0.2, 0.25) is 0 Å². The highest BCUT2D eigenvalue weighted by Gasteiger charge is 2.43. The van der Waals surface area contributed by atoms with E-state index < -0.39 is 29.9 Å². The molecule has 1 aromatic carbocycles. The number of phenolic OH excluding ortho intramolecular Hbond substituents is 1. The number of hydrogen-bond donors (Lipinski definition) is 1. The predicted molar refractivity (Wildman–Crippen MR) is 187 cm³/mol. The molecular formula is C36H53N5O6S. The Morgan fingerprint density at radius 2 is 1.69 bits per heavy atom. The Morgan fingerprint density at radius 3 is 2.25 bits per heavy atom. The van der Waals surface area contributed by atoms with Crippen molar-refractivity contribution >= 4 is 35.0 Å². The lowest BCUT2D eigenvalue weighted by Crippen LogP contribution is -2.59. The summed E-state index contributed by atoms with van der Waals surface area (Å²) in [5.74, 6) is -0.870. The van der Waals surface area contributed by atoms with E-state index in [1.165, 1.54) is 46.5 Å². The van der Waals surface area contributed by atoms with Gasteiger partial charge in [-0.2, -0.15) is 0 Å². The SMILES string of the molecule is CC[C@H](C)[C@@H](C(=O)N1CCC[C@H]1c1nccs1)N(C)C(=O)[C@H](CC(C)C)N(C)C(=O)[C@H](Cc1ccc(O)cc1)N(C)C(=O)/C=C(\C)OC. The first-order chi connectivity index (χ1) is 22.7. The third-order valence-corrected chi connectivity index (χ3v) is 10.3. The van der Waals surface area contributed by atoms with Crippen molar-refractivity contribution in [3.05, 3.63) is 58.2 Å². The summed E-state index contributed by atoms with van der Waals surface area (Å²) in [7, 11) is 6.28. The normalized spacial score (nSPS) is 17.4. The maximum Gasteiger partial charge on any atom is 0.250 e. The van der Waals surface area contributed by atoms with Gasteiger partial charge in [0.2, 0.25) is 23.6 Å². The minimum atomic E-state index is -0.962. The molecule has 2 aromatic rings. The van der Waals surface area contributed by atoms with Crippen LogP contribution in [0.4, 0.5) is 0 Å². The second kappa shape index (κ2) is 17.5. The number of allylic oxidation sites excluding steroid dienone is 1. The van der Waals surface area contributed by atoms with Crippen LogP contribution in [0.1, 0.15) is 76.9 Å². The van der Waals surface area contributed by atoms with Crippen LogP contribution in [-0.2, 0) is 30.3 Å². The van der Waals surface area contributed by atoms with Crippen molar-refractivity contribution in [3.63, 3.8) is 0 Å². The number of aromatic nitrogens is 1. The van der Waals surface area contributed by atoms with Crippen molar-refractivity contribution in [1.82, 2.24) is 24.6 Å². The van der Waals surface area contributed by atoms with Crippen LogP contribution in [0.15, 0.2) is 47.7 Å². The van der Waals surface area contributed by atoms with E-state index in [0.717, 1.165) is 23.4 Å². The van der Waals surface area contributed by atoms with Crippen molar-refractivity contribution in [3.8, 4) is 5.75 Å². The van der Waals surface area contributed by atoms with E-state index in [4.69, 9.17) is 4.74 Å². The van der Waals surface area contributed by atoms with Crippen molar-refractivity contribution < 1.29 is 29.0 Å². The number of likely N-dealkylation sites (N-methyl/N-ethyl adjacent to an activating group) is 3. The lowest BCUT2D eigenvalue weighted by molar-refractivity contribution is -0.154. The number of carbonyl (C=O) groups excluding carboxylic acids is 4. The summed E-state index contributed by atoms with van der Waals surface area (Å²) in [5.41, 5.74) is 0.735. The van der Waals surface area contributed by atoms with Crippen LogP contribution < -0.4 is 0 Å². The van der Waals surface area contributed by atoms with Gasteiger partial charge in [0.25, 0.3) is 0 Å². The molecule has 1 aromatic heterocycles. The second-order valence-corrected chi connectivity index (χ2v) is 14.2. The summed E-state index contributed by atoms with van der Waals surface area (Å²) < 4.78 is 5.17. The molecule has 11 nitrogen and oxygen atoms in total. The average Bonchev–Trinajstić information content (AvgIpc) is 3.78. The third-order valence-electron chi connectivity index (χ3n) is 9.38. The number of carbonyl (C=O) groups is 4. The molecule has 0 aliphatic carbocycles. The van der Waals surface area contributed by atoms with E-state index in [9.17, 15) is 24.3 Å². The van der Waals surface area contributed by atoms with Crippen LogP contribution in [0.5, 0.6) is 5.75 Å². The maximum absolute atomic E-state index is 14.5. The lowest BCUT2D eigenvalue weighted by atomic mass is 9.93. The molecule has 264 valence electrons. The van der Waals surface area contributed by atoms with Gasteiger partial charge in [-0.1, -0.05) is 46.2 Å². The first-order valence-electron chi connectivity index (χ1n) is 16.7. The summed E-state index contributed by atoms with van der Waals surface area (Å²) in [4.78, 5) is 67.2. The summed E-state index contributed by atoms with van der Waals surface area (Å²) >= 11 is 1.53. The molecule has 4 amide bonds. The summed E-state index contributed by atoms with van der Waals surface area (Å²) in [6, 6.07) is 3.79. The second-order valence-electron chi connectivity index (χ2n) is 13.2. The number of benzene rings is 1. The standard InChI is InChI=1S/C36H53N5O6S/c1-10-24(4)32(36(46)41-18-11-12-28(41)33-37-17-19-48-33)40(8)35(45)29(20-23(2)3)39(7)34(44)30(22-26-13-15-27(42)16-14-26)38(6)31(43)21-25(5)47-9/h13-17,19,21,23-24,28-30,32,42H,10-12,18,20,22H2,1-9H3/b25-21+/t24-,28-,29-,30-,32-/m0/s1. The number of amides is 4. The molecule has 0 radical (unpaired) electrons.